The molecule has 0 N–H and O–H groups in total. The van der Waals surface area contributed by atoms with E-state index >= 15 is 0 Å². The number of pyridine rings is 1. The van der Waals surface area contributed by atoms with E-state index in [9.17, 15) is 8.42 Å². The van der Waals surface area contributed by atoms with Gasteiger partial charge < -0.3 is 9.47 Å². The highest BCUT2D eigenvalue weighted by Gasteiger charge is 2.60. The summed E-state index contributed by atoms with van der Waals surface area (Å²) in [6.45, 7) is 1.74. The maximum absolute atomic E-state index is 13.2. The van der Waals surface area contributed by atoms with Crippen molar-refractivity contribution in [1.29, 1.82) is 0 Å². The average molecular weight is 366 g/mol. The third-order valence-corrected chi connectivity index (χ3v) is 8.27. The number of hydrogen-bond donors (Lipinski definition) is 0. The minimum Gasteiger partial charge on any atom is -0.381 e. The Kier molecular flexibility index (Phi) is 4.38. The van der Waals surface area contributed by atoms with Gasteiger partial charge in [0.2, 0.25) is 10.0 Å². The predicted molar refractivity (Wildman–Crippen MR) is 93.5 cm³/mol. The Balaban J connectivity index is 1.59. The minimum absolute atomic E-state index is 0.0344. The highest BCUT2D eigenvalue weighted by atomic mass is 32.2. The molecule has 1 aliphatic carbocycles. The van der Waals surface area contributed by atoms with Gasteiger partial charge in [-0.15, -0.1) is 0 Å². The van der Waals surface area contributed by atoms with E-state index < -0.39 is 15.6 Å². The number of hydrogen-bond acceptors (Lipinski definition) is 5. The van der Waals surface area contributed by atoms with Crippen molar-refractivity contribution in [3.63, 3.8) is 0 Å². The van der Waals surface area contributed by atoms with Crippen LogP contribution in [0.25, 0.3) is 0 Å². The van der Waals surface area contributed by atoms with Gasteiger partial charge >= 0.3 is 0 Å². The first kappa shape index (κ1) is 17.4. The summed E-state index contributed by atoms with van der Waals surface area (Å²) in [7, 11) is -1.80. The molecule has 0 radical (unpaired) electrons. The third kappa shape index (κ3) is 2.91. The number of methoxy groups -OCH3 is 1. The summed E-state index contributed by atoms with van der Waals surface area (Å²) < 4.78 is 39.2. The van der Waals surface area contributed by atoms with Crippen LogP contribution in [-0.2, 0) is 19.5 Å². The van der Waals surface area contributed by atoms with Gasteiger partial charge in [-0.1, -0.05) is 12.5 Å². The van der Waals surface area contributed by atoms with Crippen LogP contribution < -0.4 is 0 Å². The Morgan fingerprint density at radius 3 is 2.64 bits per heavy atom. The average Bonchev–Trinajstić information content (AvgIpc) is 2.54. The molecule has 1 spiro atoms. The highest BCUT2D eigenvalue weighted by Crippen LogP contribution is 2.61. The van der Waals surface area contributed by atoms with E-state index in [4.69, 9.17) is 9.47 Å². The zero-order chi connectivity index (χ0) is 17.5. The van der Waals surface area contributed by atoms with Crippen LogP contribution in [0.1, 0.15) is 43.7 Å². The van der Waals surface area contributed by atoms with E-state index in [0.717, 1.165) is 18.4 Å². The van der Waals surface area contributed by atoms with Crippen LogP contribution in [0.5, 0.6) is 0 Å². The monoisotopic (exact) mass is 366 g/mol. The van der Waals surface area contributed by atoms with Gasteiger partial charge in [0.1, 0.15) is 0 Å². The molecule has 1 saturated carbocycles. The van der Waals surface area contributed by atoms with Gasteiger partial charge in [0.25, 0.3) is 0 Å². The van der Waals surface area contributed by atoms with Crippen molar-refractivity contribution in [2.45, 2.75) is 43.7 Å². The minimum atomic E-state index is -3.41. The van der Waals surface area contributed by atoms with E-state index in [0.29, 0.717) is 32.6 Å². The van der Waals surface area contributed by atoms with Crippen molar-refractivity contribution in [1.82, 2.24) is 9.29 Å². The largest absolute Gasteiger partial charge is 0.381 e. The topological polar surface area (TPSA) is 68.7 Å². The van der Waals surface area contributed by atoms with Crippen molar-refractivity contribution in [2.75, 3.05) is 32.6 Å². The van der Waals surface area contributed by atoms with Crippen LogP contribution in [0.3, 0.4) is 0 Å². The summed E-state index contributed by atoms with van der Waals surface area (Å²) in [5.41, 5.74) is 0.501. The molecule has 0 amide bonds. The van der Waals surface area contributed by atoms with Crippen molar-refractivity contribution < 1.29 is 17.9 Å². The van der Waals surface area contributed by atoms with Gasteiger partial charge in [0, 0.05) is 57.5 Å². The van der Waals surface area contributed by atoms with Gasteiger partial charge in [-0.05, 0) is 24.5 Å². The lowest BCUT2D eigenvalue weighted by Gasteiger charge is -2.61. The second-order valence-corrected chi connectivity index (χ2v) is 9.63. The first-order valence-corrected chi connectivity index (χ1v) is 10.6. The lowest BCUT2D eigenvalue weighted by atomic mass is 9.58. The Morgan fingerprint density at radius 1 is 1.32 bits per heavy atom. The SMILES string of the molecule is COC1(CS(=O)(=O)N2CC3(CCC3)C2c2cccnc2)CCOCC1. The summed E-state index contributed by atoms with van der Waals surface area (Å²) in [5, 5.41) is 0. The standard InChI is InChI=1S/C18H26N2O4S/c1-23-18(7-10-24-11-8-18)14-25(21,22)20-13-17(5-3-6-17)16(20)15-4-2-9-19-12-15/h2,4,9,12,16H,3,5-8,10-11,13-14H2,1H3. The Morgan fingerprint density at radius 2 is 2.08 bits per heavy atom. The lowest BCUT2D eigenvalue weighted by molar-refractivity contribution is -0.0878. The van der Waals surface area contributed by atoms with Gasteiger partial charge in [-0.3, -0.25) is 4.98 Å². The van der Waals surface area contributed by atoms with Crippen LogP contribution in [0.2, 0.25) is 0 Å². The summed E-state index contributed by atoms with van der Waals surface area (Å²) in [4.78, 5) is 4.21. The molecule has 3 fully saturated rings. The maximum atomic E-state index is 13.2. The molecule has 1 atom stereocenters. The van der Waals surface area contributed by atoms with Crippen molar-refractivity contribution in [3.8, 4) is 0 Å². The van der Waals surface area contributed by atoms with E-state index in [1.54, 1.807) is 17.6 Å². The summed E-state index contributed by atoms with van der Waals surface area (Å²) >= 11 is 0. The molecule has 25 heavy (non-hydrogen) atoms. The van der Waals surface area contributed by atoms with Crippen LogP contribution in [-0.4, -0.2) is 55.9 Å². The number of ether oxygens (including phenoxy) is 2. The van der Waals surface area contributed by atoms with Crippen LogP contribution in [0.4, 0.5) is 0 Å². The first-order valence-electron chi connectivity index (χ1n) is 9.03. The van der Waals surface area contributed by atoms with Crippen molar-refractivity contribution >= 4 is 10.0 Å². The maximum Gasteiger partial charge on any atom is 0.217 e. The quantitative estimate of drug-likeness (QED) is 0.799. The number of rotatable bonds is 5. The molecule has 1 aromatic rings. The molecular weight excluding hydrogens is 340 g/mol. The molecular formula is C18H26N2O4S. The second kappa shape index (κ2) is 6.30. The van der Waals surface area contributed by atoms with E-state index in [1.807, 2.05) is 18.3 Å². The molecule has 0 bridgehead atoms. The molecule has 1 unspecified atom stereocenters. The Labute approximate surface area is 149 Å². The smallest absolute Gasteiger partial charge is 0.217 e. The second-order valence-electron chi connectivity index (χ2n) is 7.71. The fraction of sp³-hybridized carbons (Fsp3) is 0.722. The predicted octanol–water partition coefficient (Wildman–Crippen LogP) is 2.13. The third-order valence-electron chi connectivity index (χ3n) is 6.33. The summed E-state index contributed by atoms with van der Waals surface area (Å²) in [6.07, 6.45) is 8.18. The van der Waals surface area contributed by atoms with E-state index in [-0.39, 0.29) is 17.2 Å². The summed E-state index contributed by atoms with van der Waals surface area (Å²) in [5.74, 6) is 0.0344. The number of nitrogens with zero attached hydrogens (tertiary/aromatic N) is 2. The molecule has 7 heteroatoms. The lowest BCUT2D eigenvalue weighted by Crippen LogP contribution is -2.64. The summed E-state index contributed by atoms with van der Waals surface area (Å²) in [6, 6.07) is 3.81. The molecule has 0 aromatic carbocycles. The molecule has 2 aliphatic heterocycles. The fourth-order valence-corrected chi connectivity index (χ4v) is 6.98. The van der Waals surface area contributed by atoms with Crippen LogP contribution >= 0.6 is 0 Å². The van der Waals surface area contributed by atoms with Gasteiger partial charge in [0.15, 0.2) is 0 Å². The van der Waals surface area contributed by atoms with Gasteiger partial charge in [-0.25, -0.2) is 8.42 Å². The molecule has 1 aromatic heterocycles. The number of sulfonamides is 1. The Bertz CT molecular complexity index is 712. The zero-order valence-electron chi connectivity index (χ0n) is 14.7. The molecule has 3 heterocycles. The van der Waals surface area contributed by atoms with Crippen LogP contribution in [0.15, 0.2) is 24.5 Å². The molecule has 138 valence electrons. The Hall–Kier alpha value is -1.02. The van der Waals surface area contributed by atoms with Gasteiger partial charge in [0.05, 0.1) is 17.4 Å². The van der Waals surface area contributed by atoms with Crippen molar-refractivity contribution in [3.05, 3.63) is 30.1 Å². The normalized spacial score (nSPS) is 28.3. The number of aromatic nitrogens is 1. The van der Waals surface area contributed by atoms with E-state index in [1.165, 1.54) is 6.42 Å². The first-order chi connectivity index (χ1) is 12.0. The van der Waals surface area contributed by atoms with Crippen molar-refractivity contribution in [2.24, 2.45) is 5.41 Å². The molecule has 6 nitrogen and oxygen atoms in total. The fourth-order valence-electron chi connectivity index (χ4n) is 4.63. The molecule has 3 aliphatic rings. The van der Waals surface area contributed by atoms with E-state index in [2.05, 4.69) is 4.98 Å². The molecule has 4 rings (SSSR count). The highest BCUT2D eigenvalue weighted by molar-refractivity contribution is 7.89. The zero-order valence-corrected chi connectivity index (χ0v) is 15.5. The van der Waals surface area contributed by atoms with Gasteiger partial charge in [-0.2, -0.15) is 4.31 Å². The molecule has 2 saturated heterocycles. The van der Waals surface area contributed by atoms with Crippen LogP contribution in [0, 0.1) is 5.41 Å².